The minimum atomic E-state index is 1.08. The number of para-hydroxylation sites is 2. The number of unbranched alkanes of at least 4 members (excludes halogenated alkanes) is 1. The topological polar surface area (TPSA) is 3.24 Å². The average molecular weight is 334 g/mol. The van der Waals surface area contributed by atoms with Crippen LogP contribution in [-0.2, 0) is 0 Å². The van der Waals surface area contributed by atoms with Gasteiger partial charge in [0, 0.05) is 21.7 Å². The fourth-order valence-electron chi connectivity index (χ4n) is 2.39. The van der Waals surface area contributed by atoms with Gasteiger partial charge in [0.1, 0.15) is 0 Å². The van der Waals surface area contributed by atoms with Crippen molar-refractivity contribution in [2.75, 3.05) is 16.8 Å². The van der Waals surface area contributed by atoms with Gasteiger partial charge in [-0.2, -0.15) is 0 Å². The minimum absolute atomic E-state index is 1.08. The van der Waals surface area contributed by atoms with Crippen LogP contribution in [0.2, 0.25) is 0 Å². The van der Waals surface area contributed by atoms with Crippen LogP contribution in [-0.4, -0.2) is 11.9 Å². The summed E-state index contributed by atoms with van der Waals surface area (Å²) in [6.07, 6.45) is 2.42. The van der Waals surface area contributed by atoms with Crippen LogP contribution in [0.4, 0.5) is 11.4 Å². The largest absolute Gasteiger partial charge is 0.340 e. The van der Waals surface area contributed by atoms with Gasteiger partial charge in [-0.25, -0.2) is 0 Å². The number of rotatable bonds is 4. The van der Waals surface area contributed by atoms with Gasteiger partial charge in [-0.3, -0.25) is 0 Å². The molecule has 1 aliphatic heterocycles. The van der Waals surface area contributed by atoms with Crippen molar-refractivity contribution in [3.63, 3.8) is 0 Å². The van der Waals surface area contributed by atoms with E-state index in [9.17, 15) is 0 Å². The summed E-state index contributed by atoms with van der Waals surface area (Å²) in [5.74, 6) is 0. The molecule has 0 spiro atoms. The van der Waals surface area contributed by atoms with E-state index in [4.69, 9.17) is 0 Å². The summed E-state index contributed by atoms with van der Waals surface area (Å²) in [7, 11) is 0. The summed E-state index contributed by atoms with van der Waals surface area (Å²) < 4.78 is 0. The van der Waals surface area contributed by atoms with E-state index in [0.29, 0.717) is 0 Å². The van der Waals surface area contributed by atoms with Gasteiger partial charge < -0.3 is 4.90 Å². The summed E-state index contributed by atoms with van der Waals surface area (Å²) in [6, 6.07) is 17.4. The predicted octanol–water partition coefficient (Wildman–Crippen LogP) is 5.46. The van der Waals surface area contributed by atoms with E-state index in [1.165, 1.54) is 34.0 Å². The Labute approximate surface area is 127 Å². The Morgan fingerprint density at radius 3 is 2.00 bits per heavy atom. The molecule has 0 N–H and O–H groups in total. The van der Waals surface area contributed by atoms with E-state index >= 15 is 0 Å². The smallest absolute Gasteiger partial charge is 0.0552 e. The predicted molar refractivity (Wildman–Crippen MR) is 87.0 cm³/mol. The molecule has 1 heterocycles. The average Bonchev–Trinajstić information content (AvgIpc) is 2.46. The number of benzene rings is 2. The third kappa shape index (κ3) is 2.67. The summed E-state index contributed by atoms with van der Waals surface area (Å²) >= 11 is 5.39. The molecule has 3 rings (SSSR count). The number of fused-ring (bicyclic) bond motifs is 2. The van der Waals surface area contributed by atoms with Crippen LogP contribution >= 0.6 is 27.7 Å². The lowest BCUT2D eigenvalue weighted by molar-refractivity contribution is 0.785. The molecule has 98 valence electrons. The molecule has 0 aliphatic carbocycles. The van der Waals surface area contributed by atoms with Crippen molar-refractivity contribution in [2.24, 2.45) is 0 Å². The van der Waals surface area contributed by atoms with Crippen molar-refractivity contribution >= 4 is 39.1 Å². The van der Waals surface area contributed by atoms with E-state index < -0.39 is 0 Å². The summed E-state index contributed by atoms with van der Waals surface area (Å²) in [5, 5.41) is 1.08. The number of nitrogens with zero attached hydrogens (tertiary/aromatic N) is 1. The summed E-state index contributed by atoms with van der Waals surface area (Å²) in [5.41, 5.74) is 2.70. The van der Waals surface area contributed by atoms with E-state index in [-0.39, 0.29) is 0 Å². The molecule has 0 amide bonds. The van der Waals surface area contributed by atoms with E-state index in [2.05, 4.69) is 69.4 Å². The molecule has 0 saturated carbocycles. The molecule has 3 heteroatoms. The van der Waals surface area contributed by atoms with Gasteiger partial charge in [0.05, 0.1) is 11.4 Å². The lowest BCUT2D eigenvalue weighted by atomic mass is 10.2. The molecule has 2 aromatic rings. The molecule has 0 saturated heterocycles. The second-order valence-corrected chi connectivity index (χ2v) is 6.46. The van der Waals surface area contributed by atoms with E-state index in [1.54, 1.807) is 0 Å². The number of hydrogen-bond donors (Lipinski definition) is 0. The Hall–Kier alpha value is -0.930. The van der Waals surface area contributed by atoms with Crippen molar-refractivity contribution in [2.45, 2.75) is 22.6 Å². The van der Waals surface area contributed by atoms with Gasteiger partial charge in [-0.05, 0) is 37.1 Å². The molecular formula is C16H16BrNS. The van der Waals surface area contributed by atoms with Crippen LogP contribution in [0.1, 0.15) is 12.8 Å². The molecule has 2 aromatic carbocycles. The molecular weight excluding hydrogens is 318 g/mol. The first-order valence-electron chi connectivity index (χ1n) is 6.59. The second-order valence-electron chi connectivity index (χ2n) is 4.59. The van der Waals surface area contributed by atoms with Crippen LogP contribution in [0.15, 0.2) is 58.3 Å². The zero-order valence-corrected chi connectivity index (χ0v) is 13.1. The van der Waals surface area contributed by atoms with Gasteiger partial charge in [0.2, 0.25) is 0 Å². The number of halogens is 1. The molecule has 1 aliphatic rings. The summed E-state index contributed by atoms with van der Waals surface area (Å²) in [4.78, 5) is 5.18. The van der Waals surface area contributed by atoms with Crippen LogP contribution in [0, 0.1) is 0 Å². The maximum Gasteiger partial charge on any atom is 0.0552 e. The van der Waals surface area contributed by atoms with Crippen LogP contribution in [0.3, 0.4) is 0 Å². The lowest BCUT2D eigenvalue weighted by Crippen LogP contribution is -2.21. The highest BCUT2D eigenvalue weighted by Gasteiger charge is 2.21. The first-order valence-corrected chi connectivity index (χ1v) is 8.53. The van der Waals surface area contributed by atoms with Crippen molar-refractivity contribution < 1.29 is 0 Å². The van der Waals surface area contributed by atoms with Gasteiger partial charge in [0.25, 0.3) is 0 Å². The quantitative estimate of drug-likeness (QED) is 0.539. The third-order valence-corrected chi connectivity index (χ3v) is 4.99. The highest BCUT2D eigenvalue weighted by Crippen LogP contribution is 2.47. The van der Waals surface area contributed by atoms with Gasteiger partial charge in [-0.15, -0.1) is 0 Å². The van der Waals surface area contributed by atoms with Crippen molar-refractivity contribution in [1.82, 2.24) is 0 Å². The zero-order valence-electron chi connectivity index (χ0n) is 10.7. The Kier molecular flexibility index (Phi) is 4.14. The Balaban J connectivity index is 1.96. The highest BCUT2D eigenvalue weighted by atomic mass is 79.9. The summed E-state index contributed by atoms with van der Waals surface area (Å²) in [6.45, 7) is 1.08. The highest BCUT2D eigenvalue weighted by molar-refractivity contribution is 9.09. The Morgan fingerprint density at radius 2 is 1.42 bits per heavy atom. The lowest BCUT2D eigenvalue weighted by Gasteiger charge is -2.32. The normalized spacial score (nSPS) is 13.0. The third-order valence-electron chi connectivity index (χ3n) is 3.30. The maximum atomic E-state index is 3.52. The van der Waals surface area contributed by atoms with E-state index in [1.807, 2.05) is 11.8 Å². The van der Waals surface area contributed by atoms with Gasteiger partial charge >= 0.3 is 0 Å². The van der Waals surface area contributed by atoms with Crippen LogP contribution in [0.25, 0.3) is 0 Å². The number of anilines is 2. The molecule has 0 atom stereocenters. The number of hydrogen-bond acceptors (Lipinski definition) is 2. The van der Waals surface area contributed by atoms with Gasteiger partial charge in [-0.1, -0.05) is 52.0 Å². The first kappa shape index (κ1) is 13.1. The molecule has 0 radical (unpaired) electrons. The SMILES string of the molecule is BrCCCCN1c2ccccc2Sc2ccccc21. The van der Waals surface area contributed by atoms with Crippen molar-refractivity contribution in [3.8, 4) is 0 Å². The van der Waals surface area contributed by atoms with Crippen molar-refractivity contribution in [1.29, 1.82) is 0 Å². The standard InChI is InChI=1S/C16H16BrNS/c17-11-5-6-12-18-13-7-1-3-9-15(13)19-16-10-4-2-8-14(16)18/h1-4,7-10H,5-6,11-12H2. The van der Waals surface area contributed by atoms with Crippen LogP contribution in [0.5, 0.6) is 0 Å². The molecule has 0 fully saturated rings. The first-order chi connectivity index (χ1) is 9.40. The molecule has 1 nitrogen and oxygen atoms in total. The Bertz CT molecular complexity index is 525. The molecule has 0 bridgehead atoms. The fourth-order valence-corrected chi connectivity index (χ4v) is 3.88. The molecule has 19 heavy (non-hydrogen) atoms. The maximum absolute atomic E-state index is 3.52. The minimum Gasteiger partial charge on any atom is -0.340 e. The van der Waals surface area contributed by atoms with Crippen LogP contribution < -0.4 is 4.90 Å². The molecule has 0 aromatic heterocycles. The zero-order chi connectivity index (χ0) is 13.1. The second kappa shape index (κ2) is 6.02. The Morgan fingerprint density at radius 1 is 0.842 bits per heavy atom. The fraction of sp³-hybridized carbons (Fsp3) is 0.250. The monoisotopic (exact) mass is 333 g/mol. The van der Waals surface area contributed by atoms with Crippen molar-refractivity contribution in [3.05, 3.63) is 48.5 Å². The van der Waals surface area contributed by atoms with E-state index in [0.717, 1.165) is 11.9 Å². The molecule has 0 unspecified atom stereocenters. The number of alkyl halides is 1. The van der Waals surface area contributed by atoms with Gasteiger partial charge in [0.15, 0.2) is 0 Å².